The summed E-state index contributed by atoms with van der Waals surface area (Å²) in [5, 5.41) is 3.30. The van der Waals surface area contributed by atoms with Crippen LogP contribution in [-0.2, 0) is 6.42 Å². The Morgan fingerprint density at radius 2 is 2.10 bits per heavy atom. The molecule has 1 aromatic carbocycles. The van der Waals surface area contributed by atoms with Crippen molar-refractivity contribution in [2.45, 2.75) is 25.7 Å². The highest BCUT2D eigenvalue weighted by Crippen LogP contribution is 2.18. The summed E-state index contributed by atoms with van der Waals surface area (Å²) >= 11 is 0. The van der Waals surface area contributed by atoms with Crippen molar-refractivity contribution in [2.24, 2.45) is 5.92 Å². The maximum absolute atomic E-state index is 5.27. The molecule has 0 amide bonds. The zero-order valence-corrected chi connectivity index (χ0v) is 12.9. The topological polar surface area (TPSA) is 24.5 Å². The number of hydrogen-bond acceptors (Lipinski definition) is 3. The van der Waals surface area contributed by atoms with E-state index in [2.05, 4.69) is 35.5 Å². The normalized spacial score (nSPS) is 17.3. The van der Waals surface area contributed by atoms with E-state index in [-0.39, 0.29) is 0 Å². The van der Waals surface area contributed by atoms with E-state index in [1.165, 1.54) is 51.0 Å². The lowest BCUT2D eigenvalue weighted by Crippen LogP contribution is -2.37. The number of hydrogen-bond donors (Lipinski definition) is 1. The minimum absolute atomic E-state index is 0.884. The predicted molar refractivity (Wildman–Crippen MR) is 84.4 cm³/mol. The second-order valence-corrected chi connectivity index (χ2v) is 5.80. The molecule has 1 heterocycles. The summed E-state index contributed by atoms with van der Waals surface area (Å²) in [7, 11) is 3.79. The molecule has 1 aromatic rings. The Hall–Kier alpha value is -1.06. The van der Waals surface area contributed by atoms with Crippen molar-refractivity contribution in [1.29, 1.82) is 0 Å². The number of aryl methyl sites for hydroxylation is 1. The molecule has 1 fully saturated rings. The van der Waals surface area contributed by atoms with Gasteiger partial charge in [-0.15, -0.1) is 0 Å². The molecular formula is C17H28N2O. The SMILES string of the molecule is CNCC1CCN(CCCc2cccc(OC)c2)CC1. The van der Waals surface area contributed by atoms with Crippen LogP contribution in [0.15, 0.2) is 24.3 Å². The molecule has 0 aliphatic carbocycles. The summed E-state index contributed by atoms with van der Waals surface area (Å²) in [6.07, 6.45) is 5.08. The highest BCUT2D eigenvalue weighted by atomic mass is 16.5. The van der Waals surface area contributed by atoms with Crippen molar-refractivity contribution in [2.75, 3.05) is 40.3 Å². The molecule has 0 aromatic heterocycles. The first-order chi connectivity index (χ1) is 9.81. The van der Waals surface area contributed by atoms with Gasteiger partial charge in [-0.2, -0.15) is 0 Å². The van der Waals surface area contributed by atoms with Gasteiger partial charge in [0.15, 0.2) is 0 Å². The minimum atomic E-state index is 0.884. The number of nitrogens with one attached hydrogen (secondary N) is 1. The maximum atomic E-state index is 5.27. The van der Waals surface area contributed by atoms with Gasteiger partial charge in [-0.3, -0.25) is 0 Å². The van der Waals surface area contributed by atoms with E-state index in [9.17, 15) is 0 Å². The lowest BCUT2D eigenvalue weighted by atomic mass is 9.96. The van der Waals surface area contributed by atoms with Crippen LogP contribution in [0.2, 0.25) is 0 Å². The molecule has 0 unspecified atom stereocenters. The number of likely N-dealkylation sites (tertiary alicyclic amines) is 1. The van der Waals surface area contributed by atoms with Crippen molar-refractivity contribution in [3.05, 3.63) is 29.8 Å². The number of piperidine rings is 1. The first-order valence-electron chi connectivity index (χ1n) is 7.81. The van der Waals surface area contributed by atoms with Gasteiger partial charge in [-0.25, -0.2) is 0 Å². The van der Waals surface area contributed by atoms with Crippen LogP contribution in [0, 0.1) is 5.92 Å². The fourth-order valence-corrected chi connectivity index (χ4v) is 3.04. The van der Waals surface area contributed by atoms with E-state index in [0.29, 0.717) is 0 Å². The number of ether oxygens (including phenoxy) is 1. The summed E-state index contributed by atoms with van der Waals surface area (Å²) < 4.78 is 5.27. The van der Waals surface area contributed by atoms with Crippen LogP contribution in [0.4, 0.5) is 0 Å². The van der Waals surface area contributed by atoms with Crippen LogP contribution in [-0.4, -0.2) is 45.2 Å². The molecule has 3 heteroatoms. The van der Waals surface area contributed by atoms with Crippen LogP contribution in [0.3, 0.4) is 0 Å². The van der Waals surface area contributed by atoms with Crippen LogP contribution >= 0.6 is 0 Å². The second kappa shape index (κ2) is 8.28. The van der Waals surface area contributed by atoms with E-state index in [4.69, 9.17) is 4.74 Å². The van der Waals surface area contributed by atoms with Gasteiger partial charge in [0, 0.05) is 0 Å². The summed E-state index contributed by atoms with van der Waals surface area (Å²) in [5.41, 5.74) is 1.38. The standard InChI is InChI=1S/C17H28N2O/c1-18-14-16-8-11-19(12-9-16)10-4-6-15-5-3-7-17(13-15)20-2/h3,5,7,13,16,18H,4,6,8-12,14H2,1-2H3. The van der Waals surface area contributed by atoms with Gasteiger partial charge in [-0.1, -0.05) is 12.1 Å². The Labute approximate surface area is 123 Å². The highest BCUT2D eigenvalue weighted by molar-refractivity contribution is 5.28. The van der Waals surface area contributed by atoms with E-state index in [1.807, 2.05) is 6.07 Å². The first kappa shape index (κ1) is 15.3. The zero-order chi connectivity index (χ0) is 14.2. The molecule has 2 rings (SSSR count). The van der Waals surface area contributed by atoms with Gasteiger partial charge in [0.2, 0.25) is 0 Å². The Morgan fingerprint density at radius 3 is 2.80 bits per heavy atom. The van der Waals surface area contributed by atoms with Gasteiger partial charge < -0.3 is 15.0 Å². The number of rotatable bonds is 7. The van der Waals surface area contributed by atoms with E-state index in [1.54, 1.807) is 7.11 Å². The Balaban J connectivity index is 1.66. The van der Waals surface area contributed by atoms with Crippen molar-refractivity contribution in [3.8, 4) is 5.75 Å². The third-order valence-corrected chi connectivity index (χ3v) is 4.27. The van der Waals surface area contributed by atoms with Gasteiger partial charge in [0.05, 0.1) is 7.11 Å². The van der Waals surface area contributed by atoms with Crippen molar-refractivity contribution >= 4 is 0 Å². The predicted octanol–water partition coefficient (Wildman–Crippen LogP) is 2.56. The number of benzene rings is 1. The number of methoxy groups -OCH3 is 1. The molecule has 0 saturated carbocycles. The van der Waals surface area contributed by atoms with Crippen molar-refractivity contribution < 1.29 is 4.74 Å². The van der Waals surface area contributed by atoms with Gasteiger partial charge in [-0.05, 0) is 82.5 Å². The molecule has 112 valence electrons. The third-order valence-electron chi connectivity index (χ3n) is 4.27. The molecule has 1 saturated heterocycles. The monoisotopic (exact) mass is 276 g/mol. The van der Waals surface area contributed by atoms with Crippen LogP contribution < -0.4 is 10.1 Å². The van der Waals surface area contributed by atoms with Crippen LogP contribution in [0.1, 0.15) is 24.8 Å². The number of nitrogens with zero attached hydrogens (tertiary/aromatic N) is 1. The molecule has 20 heavy (non-hydrogen) atoms. The lowest BCUT2D eigenvalue weighted by molar-refractivity contribution is 0.182. The summed E-state index contributed by atoms with van der Waals surface area (Å²) in [6.45, 7) is 4.94. The van der Waals surface area contributed by atoms with Gasteiger partial charge in [0.25, 0.3) is 0 Å². The maximum Gasteiger partial charge on any atom is 0.119 e. The van der Waals surface area contributed by atoms with Crippen molar-refractivity contribution in [3.63, 3.8) is 0 Å². The largest absolute Gasteiger partial charge is 0.497 e. The first-order valence-corrected chi connectivity index (χ1v) is 7.81. The summed E-state index contributed by atoms with van der Waals surface area (Å²) in [4.78, 5) is 2.62. The molecule has 1 aliphatic rings. The smallest absolute Gasteiger partial charge is 0.119 e. The van der Waals surface area contributed by atoms with E-state index < -0.39 is 0 Å². The van der Waals surface area contributed by atoms with Gasteiger partial charge in [0.1, 0.15) is 5.75 Å². The van der Waals surface area contributed by atoms with Crippen LogP contribution in [0.25, 0.3) is 0 Å². The molecule has 0 radical (unpaired) electrons. The quantitative estimate of drug-likeness (QED) is 0.828. The molecule has 0 bridgehead atoms. The molecular weight excluding hydrogens is 248 g/mol. The third kappa shape index (κ3) is 4.80. The molecule has 0 spiro atoms. The summed E-state index contributed by atoms with van der Waals surface area (Å²) in [5.74, 6) is 1.85. The van der Waals surface area contributed by atoms with E-state index >= 15 is 0 Å². The molecule has 0 atom stereocenters. The average Bonchev–Trinajstić information content (AvgIpc) is 2.50. The Bertz CT molecular complexity index is 386. The minimum Gasteiger partial charge on any atom is -0.497 e. The van der Waals surface area contributed by atoms with E-state index in [0.717, 1.165) is 18.1 Å². The van der Waals surface area contributed by atoms with Gasteiger partial charge >= 0.3 is 0 Å². The average molecular weight is 276 g/mol. The Kier molecular flexibility index (Phi) is 6.34. The van der Waals surface area contributed by atoms with Crippen molar-refractivity contribution in [1.82, 2.24) is 10.2 Å². The lowest BCUT2D eigenvalue weighted by Gasteiger charge is -2.31. The molecule has 1 N–H and O–H groups in total. The fraction of sp³-hybridized carbons (Fsp3) is 0.647. The second-order valence-electron chi connectivity index (χ2n) is 5.80. The highest BCUT2D eigenvalue weighted by Gasteiger charge is 2.17. The summed E-state index contributed by atoms with van der Waals surface area (Å²) in [6, 6.07) is 8.44. The zero-order valence-electron chi connectivity index (χ0n) is 12.9. The van der Waals surface area contributed by atoms with Crippen LogP contribution in [0.5, 0.6) is 5.75 Å². The molecule has 1 aliphatic heterocycles. The molecule has 3 nitrogen and oxygen atoms in total. The fourth-order valence-electron chi connectivity index (χ4n) is 3.04. The Morgan fingerprint density at radius 1 is 1.30 bits per heavy atom.